The third kappa shape index (κ3) is 1.74. The van der Waals surface area contributed by atoms with Crippen LogP contribution < -0.4 is 0 Å². The Labute approximate surface area is 131 Å². The first-order valence-electron chi connectivity index (χ1n) is 8.21. The molecule has 2 fully saturated rings. The molecular formula is C20H22O2. The number of hydrogen-bond acceptors (Lipinski definition) is 2. The highest BCUT2D eigenvalue weighted by atomic mass is 16.4. The molecule has 0 aromatic heterocycles. The fourth-order valence-electron chi connectivity index (χ4n) is 4.78. The molecule has 4 rings (SSSR count). The maximum atomic E-state index is 11.3. The predicted octanol–water partition coefficient (Wildman–Crippen LogP) is 3.60. The third-order valence-corrected chi connectivity index (χ3v) is 5.80. The van der Waals surface area contributed by atoms with Gasteiger partial charge in [-0.25, -0.2) is 0 Å². The van der Waals surface area contributed by atoms with E-state index >= 15 is 0 Å². The molecule has 4 atom stereocenters. The molecule has 2 aromatic carbocycles. The number of benzene rings is 2. The first kappa shape index (κ1) is 14.0. The Morgan fingerprint density at radius 2 is 1.00 bits per heavy atom. The van der Waals surface area contributed by atoms with Gasteiger partial charge in [-0.3, -0.25) is 0 Å². The molecule has 2 aliphatic rings. The van der Waals surface area contributed by atoms with Crippen LogP contribution in [-0.4, -0.2) is 21.4 Å². The Morgan fingerprint density at radius 1 is 0.636 bits per heavy atom. The van der Waals surface area contributed by atoms with Crippen molar-refractivity contribution in [2.45, 2.75) is 48.7 Å². The van der Waals surface area contributed by atoms with Gasteiger partial charge < -0.3 is 10.2 Å². The Hall–Kier alpha value is -1.64. The molecule has 114 valence electrons. The Morgan fingerprint density at radius 3 is 1.36 bits per heavy atom. The van der Waals surface area contributed by atoms with E-state index in [-0.39, 0.29) is 11.8 Å². The third-order valence-electron chi connectivity index (χ3n) is 5.80. The van der Waals surface area contributed by atoms with E-state index in [0.29, 0.717) is 12.8 Å². The summed E-state index contributed by atoms with van der Waals surface area (Å²) in [5, 5.41) is 22.6. The molecule has 0 radical (unpaired) electrons. The lowest BCUT2D eigenvalue weighted by Gasteiger charge is -2.66. The molecule has 2 nitrogen and oxygen atoms in total. The van der Waals surface area contributed by atoms with Crippen molar-refractivity contribution in [3.8, 4) is 0 Å². The van der Waals surface area contributed by atoms with Crippen molar-refractivity contribution < 1.29 is 10.2 Å². The van der Waals surface area contributed by atoms with Crippen molar-refractivity contribution >= 4 is 0 Å². The standard InChI is InChI=1S/C20H22O2/c21-19-13-7-8-14-20(19,22)18(16-11-5-2-6-12-16)17(19)15-9-3-1-4-10-15/h1-6,9-12,17-18,21-22H,7-8,13-14H2. The summed E-state index contributed by atoms with van der Waals surface area (Å²) in [6.07, 6.45) is 3.35. The fraction of sp³-hybridized carbons (Fsp3) is 0.400. The van der Waals surface area contributed by atoms with Gasteiger partial charge in [0.05, 0.1) is 0 Å². The van der Waals surface area contributed by atoms with Crippen LogP contribution in [0.3, 0.4) is 0 Å². The van der Waals surface area contributed by atoms with E-state index in [1.54, 1.807) is 0 Å². The largest absolute Gasteiger partial charge is 0.386 e. The lowest BCUT2D eigenvalue weighted by molar-refractivity contribution is -0.272. The predicted molar refractivity (Wildman–Crippen MR) is 86.7 cm³/mol. The van der Waals surface area contributed by atoms with E-state index in [9.17, 15) is 10.2 Å². The van der Waals surface area contributed by atoms with Crippen LogP contribution in [0, 0.1) is 0 Å². The highest BCUT2D eigenvalue weighted by molar-refractivity contribution is 5.44. The number of hydrogen-bond donors (Lipinski definition) is 2. The maximum absolute atomic E-state index is 11.3. The van der Waals surface area contributed by atoms with Gasteiger partial charge in [0, 0.05) is 11.8 Å². The van der Waals surface area contributed by atoms with Crippen molar-refractivity contribution in [2.24, 2.45) is 0 Å². The van der Waals surface area contributed by atoms with Crippen molar-refractivity contribution in [3.63, 3.8) is 0 Å². The summed E-state index contributed by atoms with van der Waals surface area (Å²) in [7, 11) is 0. The summed E-state index contributed by atoms with van der Waals surface area (Å²) in [4.78, 5) is 0. The Kier molecular flexibility index (Phi) is 3.14. The average Bonchev–Trinajstić information content (AvgIpc) is 2.56. The lowest BCUT2D eigenvalue weighted by Crippen LogP contribution is -2.74. The van der Waals surface area contributed by atoms with Gasteiger partial charge in [-0.05, 0) is 24.0 Å². The average molecular weight is 294 g/mol. The van der Waals surface area contributed by atoms with Crippen molar-refractivity contribution in [3.05, 3.63) is 71.8 Å². The van der Waals surface area contributed by atoms with Gasteiger partial charge in [0.25, 0.3) is 0 Å². The molecule has 0 bridgehead atoms. The minimum atomic E-state index is -0.993. The van der Waals surface area contributed by atoms with E-state index < -0.39 is 11.2 Å². The normalized spacial score (nSPS) is 37.2. The molecule has 0 saturated heterocycles. The monoisotopic (exact) mass is 294 g/mol. The van der Waals surface area contributed by atoms with Crippen molar-refractivity contribution in [1.82, 2.24) is 0 Å². The Bertz CT molecular complexity index is 594. The van der Waals surface area contributed by atoms with E-state index in [0.717, 1.165) is 24.0 Å². The van der Waals surface area contributed by atoms with Crippen LogP contribution >= 0.6 is 0 Å². The van der Waals surface area contributed by atoms with Crippen LogP contribution in [0.4, 0.5) is 0 Å². The van der Waals surface area contributed by atoms with Gasteiger partial charge in [0.15, 0.2) is 0 Å². The SMILES string of the molecule is OC12CCCCC1(O)C(c1ccccc1)C2c1ccccc1. The van der Waals surface area contributed by atoms with Gasteiger partial charge in [-0.1, -0.05) is 73.5 Å². The first-order valence-corrected chi connectivity index (χ1v) is 8.21. The van der Waals surface area contributed by atoms with Crippen LogP contribution in [0.15, 0.2) is 60.7 Å². The molecule has 0 spiro atoms. The summed E-state index contributed by atoms with van der Waals surface area (Å²) in [5.74, 6) is -0.0530. The van der Waals surface area contributed by atoms with Crippen LogP contribution in [0.1, 0.15) is 48.6 Å². The molecule has 4 unspecified atom stereocenters. The minimum Gasteiger partial charge on any atom is -0.386 e. The van der Waals surface area contributed by atoms with E-state index in [4.69, 9.17) is 0 Å². The summed E-state index contributed by atoms with van der Waals surface area (Å²) in [5.41, 5.74) is 0.274. The second-order valence-electron chi connectivity index (χ2n) is 6.83. The van der Waals surface area contributed by atoms with Gasteiger partial charge in [0.2, 0.25) is 0 Å². The minimum absolute atomic E-state index is 0.0265. The van der Waals surface area contributed by atoms with Gasteiger partial charge in [-0.15, -0.1) is 0 Å². The van der Waals surface area contributed by atoms with E-state index in [1.165, 1.54) is 0 Å². The van der Waals surface area contributed by atoms with Crippen molar-refractivity contribution in [2.75, 3.05) is 0 Å². The van der Waals surface area contributed by atoms with E-state index in [1.807, 2.05) is 36.4 Å². The second kappa shape index (κ2) is 4.94. The fourth-order valence-corrected chi connectivity index (χ4v) is 4.78. The summed E-state index contributed by atoms with van der Waals surface area (Å²) >= 11 is 0. The smallest absolute Gasteiger partial charge is 0.101 e. The molecule has 2 heteroatoms. The molecule has 2 N–H and O–H groups in total. The molecule has 22 heavy (non-hydrogen) atoms. The van der Waals surface area contributed by atoms with Crippen LogP contribution in [0.25, 0.3) is 0 Å². The van der Waals surface area contributed by atoms with Crippen molar-refractivity contribution in [1.29, 1.82) is 0 Å². The van der Waals surface area contributed by atoms with Gasteiger partial charge in [-0.2, -0.15) is 0 Å². The molecule has 2 aromatic rings. The molecule has 0 heterocycles. The van der Waals surface area contributed by atoms with Gasteiger partial charge in [0.1, 0.15) is 11.2 Å². The molecule has 2 aliphatic carbocycles. The zero-order chi connectivity index (χ0) is 15.2. The zero-order valence-electron chi connectivity index (χ0n) is 12.7. The summed E-state index contributed by atoms with van der Waals surface area (Å²) in [6, 6.07) is 20.4. The number of fused-ring (bicyclic) bond motifs is 1. The van der Waals surface area contributed by atoms with Crippen LogP contribution in [-0.2, 0) is 0 Å². The maximum Gasteiger partial charge on any atom is 0.101 e. The van der Waals surface area contributed by atoms with Crippen LogP contribution in [0.2, 0.25) is 0 Å². The second-order valence-corrected chi connectivity index (χ2v) is 6.83. The highest BCUT2D eigenvalue weighted by Gasteiger charge is 2.71. The quantitative estimate of drug-likeness (QED) is 0.888. The highest BCUT2D eigenvalue weighted by Crippen LogP contribution is 2.67. The summed E-state index contributed by atoms with van der Waals surface area (Å²) in [6.45, 7) is 0. The molecule has 0 aliphatic heterocycles. The molecule has 2 saturated carbocycles. The molecular weight excluding hydrogens is 272 g/mol. The summed E-state index contributed by atoms with van der Waals surface area (Å²) < 4.78 is 0. The number of rotatable bonds is 2. The van der Waals surface area contributed by atoms with Gasteiger partial charge >= 0.3 is 0 Å². The molecule has 0 amide bonds. The van der Waals surface area contributed by atoms with E-state index in [2.05, 4.69) is 24.3 Å². The first-order chi connectivity index (χ1) is 10.7. The van der Waals surface area contributed by atoms with Crippen LogP contribution in [0.5, 0.6) is 0 Å². The number of aliphatic hydroxyl groups is 2. The lowest BCUT2D eigenvalue weighted by atomic mass is 9.43. The Balaban J connectivity index is 1.83. The zero-order valence-corrected chi connectivity index (χ0v) is 12.7. The topological polar surface area (TPSA) is 40.5 Å².